The van der Waals surface area contributed by atoms with E-state index in [1.807, 2.05) is 0 Å². The minimum atomic E-state index is -1.25. The van der Waals surface area contributed by atoms with Crippen LogP contribution in [0.15, 0.2) is 11.8 Å². The summed E-state index contributed by atoms with van der Waals surface area (Å²) in [6.07, 6.45) is 0. The van der Waals surface area contributed by atoms with Gasteiger partial charge in [-0.15, -0.1) is 6.58 Å². The molecule has 2 N–H and O–H groups in total. The van der Waals surface area contributed by atoms with Gasteiger partial charge in [0.25, 0.3) is 5.97 Å². The first-order chi connectivity index (χ1) is 6.33. The van der Waals surface area contributed by atoms with Crippen LogP contribution in [-0.4, -0.2) is 30.9 Å². The van der Waals surface area contributed by atoms with Crippen LogP contribution in [0.25, 0.3) is 0 Å². The summed E-state index contributed by atoms with van der Waals surface area (Å²) in [6, 6.07) is 2.39. The Balaban J connectivity index is 0. The molecule has 0 fully saturated rings. The molecule has 14 heavy (non-hydrogen) atoms. The number of aliphatic carboxylic acids is 1. The van der Waals surface area contributed by atoms with Gasteiger partial charge in [0.2, 0.25) is 0 Å². The molecular formula is C10H22O3Si. The Labute approximate surface area is 87.5 Å². The van der Waals surface area contributed by atoms with E-state index in [1.54, 1.807) is 0 Å². The number of carboxylic acid groups (broad SMARTS) is 1. The highest BCUT2D eigenvalue weighted by Gasteiger charge is 2.24. The first-order valence-corrected chi connectivity index (χ1v) is 7.74. The van der Waals surface area contributed by atoms with Crippen LogP contribution in [-0.2, 0) is 4.79 Å². The van der Waals surface area contributed by atoms with Gasteiger partial charge in [0.05, 0.1) is 14.7 Å². The zero-order valence-electron chi connectivity index (χ0n) is 9.63. The maximum absolute atomic E-state index is 9.00. The fourth-order valence-corrected chi connectivity index (χ4v) is 2.82. The van der Waals surface area contributed by atoms with E-state index in [1.165, 1.54) is 12.1 Å². The Bertz CT molecular complexity index is 182. The van der Waals surface area contributed by atoms with Crippen molar-refractivity contribution in [1.29, 1.82) is 0 Å². The third-order valence-electron chi connectivity index (χ3n) is 2.61. The number of rotatable bonds is 4. The zero-order valence-corrected chi connectivity index (χ0v) is 10.6. The van der Waals surface area contributed by atoms with Crippen LogP contribution in [0.5, 0.6) is 0 Å². The Morgan fingerprint density at radius 2 is 1.64 bits per heavy atom. The lowest BCUT2D eigenvalue weighted by Crippen LogP contribution is -2.32. The molecule has 0 heterocycles. The molecule has 84 valence electrons. The molecule has 0 aromatic heterocycles. The molecule has 0 unspecified atom stereocenters. The predicted molar refractivity (Wildman–Crippen MR) is 62.1 cm³/mol. The molecule has 0 radical (unpaired) electrons. The maximum Gasteiger partial charge on any atom is 0.300 e. The average Bonchev–Trinajstić information content (AvgIpc) is 2.14. The Kier molecular flexibility index (Phi) is 8.78. The second kappa shape index (κ2) is 7.76. The quantitative estimate of drug-likeness (QED) is 0.712. The molecule has 4 heteroatoms. The number of aliphatic hydroxyl groups is 1. The van der Waals surface area contributed by atoms with Crippen LogP contribution in [0.4, 0.5) is 0 Å². The van der Waals surface area contributed by atoms with E-state index >= 15 is 0 Å². The third-order valence-corrected chi connectivity index (χ3v) is 7.59. The monoisotopic (exact) mass is 218 g/mol. The highest BCUT2D eigenvalue weighted by atomic mass is 28.3. The summed E-state index contributed by atoms with van der Waals surface area (Å²) in [6.45, 7) is 11.8. The van der Waals surface area contributed by atoms with E-state index < -0.39 is 14.0 Å². The number of aliphatic hydroxyl groups excluding tert-OH is 1. The normalized spacial score (nSPS) is 10.1. The van der Waals surface area contributed by atoms with Crippen LogP contribution in [0.2, 0.25) is 18.6 Å². The summed E-state index contributed by atoms with van der Waals surface area (Å²) in [4.78, 5) is 9.00. The average molecular weight is 218 g/mol. The topological polar surface area (TPSA) is 57.5 Å². The smallest absolute Gasteiger partial charge is 0.300 e. The molecule has 0 bridgehead atoms. The van der Waals surface area contributed by atoms with Crippen molar-refractivity contribution in [1.82, 2.24) is 0 Å². The SMILES string of the molecule is C=C(CO)[Si](C)(CC)CC.CC(=O)O. The van der Waals surface area contributed by atoms with Gasteiger partial charge in [0.15, 0.2) is 0 Å². The van der Waals surface area contributed by atoms with Crippen molar-refractivity contribution in [2.24, 2.45) is 0 Å². The van der Waals surface area contributed by atoms with Crippen molar-refractivity contribution in [3.8, 4) is 0 Å². The first-order valence-electron chi connectivity index (χ1n) is 4.82. The highest BCUT2D eigenvalue weighted by Crippen LogP contribution is 2.21. The molecule has 0 aromatic rings. The van der Waals surface area contributed by atoms with Crippen molar-refractivity contribution in [3.63, 3.8) is 0 Å². The van der Waals surface area contributed by atoms with Crippen LogP contribution in [0, 0.1) is 0 Å². The summed E-state index contributed by atoms with van der Waals surface area (Å²) >= 11 is 0. The van der Waals surface area contributed by atoms with Crippen molar-refractivity contribution in [2.75, 3.05) is 6.61 Å². The maximum atomic E-state index is 9.00. The van der Waals surface area contributed by atoms with Gasteiger partial charge in [0.1, 0.15) is 0 Å². The zero-order chi connectivity index (χ0) is 11.8. The number of hydrogen-bond donors (Lipinski definition) is 2. The standard InChI is InChI=1S/C8H18OSi.C2H4O2/c1-5-10(4,6-2)8(3)7-9;1-2(3)4/h9H,3,5-7H2,1-2,4H3;1H3,(H,3,4). The second-order valence-electron chi connectivity index (χ2n) is 3.55. The molecular weight excluding hydrogens is 196 g/mol. The van der Waals surface area contributed by atoms with Crippen LogP contribution in [0.1, 0.15) is 20.8 Å². The van der Waals surface area contributed by atoms with Gasteiger partial charge < -0.3 is 10.2 Å². The van der Waals surface area contributed by atoms with E-state index in [-0.39, 0.29) is 6.61 Å². The van der Waals surface area contributed by atoms with Crippen LogP contribution < -0.4 is 0 Å². The van der Waals surface area contributed by atoms with Crippen LogP contribution in [0.3, 0.4) is 0 Å². The van der Waals surface area contributed by atoms with E-state index in [0.717, 1.165) is 12.1 Å². The molecule has 0 saturated heterocycles. The van der Waals surface area contributed by atoms with Crippen LogP contribution >= 0.6 is 0 Å². The molecule has 0 saturated carbocycles. The summed E-state index contributed by atoms with van der Waals surface area (Å²) in [5, 5.41) is 17.4. The van der Waals surface area contributed by atoms with Gasteiger partial charge in [0, 0.05) is 6.92 Å². The van der Waals surface area contributed by atoms with Gasteiger partial charge in [-0.3, -0.25) is 4.79 Å². The number of hydrogen-bond acceptors (Lipinski definition) is 2. The Hall–Kier alpha value is -0.613. The van der Waals surface area contributed by atoms with E-state index in [0.29, 0.717) is 0 Å². The molecule has 0 aromatic carbocycles. The fourth-order valence-electron chi connectivity index (χ4n) is 0.941. The lowest BCUT2D eigenvalue weighted by atomic mass is 10.7. The molecule has 0 spiro atoms. The van der Waals surface area contributed by atoms with Crippen molar-refractivity contribution in [3.05, 3.63) is 11.8 Å². The Morgan fingerprint density at radius 1 is 1.36 bits per heavy atom. The van der Waals surface area contributed by atoms with Gasteiger partial charge in [-0.1, -0.05) is 37.7 Å². The van der Waals surface area contributed by atoms with E-state index in [9.17, 15) is 0 Å². The molecule has 3 nitrogen and oxygen atoms in total. The van der Waals surface area contributed by atoms with Crippen molar-refractivity contribution >= 4 is 14.0 Å². The lowest BCUT2D eigenvalue weighted by molar-refractivity contribution is -0.134. The van der Waals surface area contributed by atoms with Gasteiger partial charge in [-0.25, -0.2) is 0 Å². The van der Waals surface area contributed by atoms with E-state index in [2.05, 4.69) is 27.0 Å². The molecule has 0 aliphatic heterocycles. The molecule has 0 amide bonds. The summed E-state index contributed by atoms with van der Waals surface area (Å²) in [5.41, 5.74) is 0. The van der Waals surface area contributed by atoms with Crippen molar-refractivity contribution in [2.45, 2.75) is 39.4 Å². The highest BCUT2D eigenvalue weighted by molar-refractivity contribution is 6.85. The first kappa shape index (κ1) is 15.8. The summed E-state index contributed by atoms with van der Waals surface area (Å²) in [7, 11) is -1.25. The summed E-state index contributed by atoms with van der Waals surface area (Å²) in [5.74, 6) is -0.833. The second-order valence-corrected chi connectivity index (χ2v) is 8.79. The number of carbonyl (C=O) groups is 1. The molecule has 0 rings (SSSR count). The van der Waals surface area contributed by atoms with E-state index in [4.69, 9.17) is 15.0 Å². The number of carboxylic acids is 1. The molecule has 0 aliphatic carbocycles. The van der Waals surface area contributed by atoms with Crippen molar-refractivity contribution < 1.29 is 15.0 Å². The lowest BCUT2D eigenvalue weighted by Gasteiger charge is -2.25. The minimum Gasteiger partial charge on any atom is -0.481 e. The predicted octanol–water partition coefficient (Wildman–Crippen LogP) is 2.28. The molecule has 0 atom stereocenters. The van der Waals surface area contributed by atoms with Gasteiger partial charge >= 0.3 is 0 Å². The van der Waals surface area contributed by atoms with Gasteiger partial charge in [-0.2, -0.15) is 0 Å². The largest absolute Gasteiger partial charge is 0.481 e. The molecule has 0 aliphatic rings. The summed E-state index contributed by atoms with van der Waals surface area (Å²) < 4.78 is 0. The fraction of sp³-hybridized carbons (Fsp3) is 0.700. The minimum absolute atomic E-state index is 0.185. The third kappa shape index (κ3) is 6.86. The Morgan fingerprint density at radius 3 is 1.71 bits per heavy atom. The van der Waals surface area contributed by atoms with Gasteiger partial charge in [-0.05, 0) is 0 Å².